The number of sulfone groups is 1. The van der Waals surface area contributed by atoms with Crippen LogP contribution in [0.1, 0.15) is 37.6 Å². The van der Waals surface area contributed by atoms with Crippen LogP contribution < -0.4 is 4.90 Å². The average Bonchev–Trinajstić information content (AvgIpc) is 2.68. The predicted octanol–water partition coefficient (Wildman–Crippen LogP) is 2.53. The molecule has 1 heterocycles. The maximum absolute atomic E-state index is 12.0. The fraction of sp³-hybridized carbons (Fsp3) is 0.533. The standard InChI is InChI=1S/C15H21NO3S/c1-10-7-8-16(11(10)2)14-9-13(12(3)17)5-6-15(14)20(4,18)19/h5-6,9-11H,7-8H2,1-4H3/t10-,11-/m1/s1. The number of hydrogen-bond acceptors (Lipinski definition) is 4. The Morgan fingerprint density at radius 3 is 2.40 bits per heavy atom. The highest BCUT2D eigenvalue weighted by atomic mass is 32.2. The Balaban J connectivity index is 2.59. The van der Waals surface area contributed by atoms with Crippen molar-refractivity contribution in [1.82, 2.24) is 0 Å². The molecule has 110 valence electrons. The molecule has 0 bridgehead atoms. The van der Waals surface area contributed by atoms with Crippen LogP contribution in [0.2, 0.25) is 0 Å². The zero-order chi connectivity index (χ0) is 15.1. The molecule has 20 heavy (non-hydrogen) atoms. The molecule has 0 spiro atoms. The van der Waals surface area contributed by atoms with Gasteiger partial charge in [-0.15, -0.1) is 0 Å². The van der Waals surface area contributed by atoms with Gasteiger partial charge in [0.2, 0.25) is 0 Å². The van der Waals surface area contributed by atoms with Gasteiger partial charge in [-0.1, -0.05) is 6.92 Å². The fourth-order valence-electron chi connectivity index (χ4n) is 2.71. The average molecular weight is 295 g/mol. The number of nitrogens with zero attached hydrogens (tertiary/aromatic N) is 1. The van der Waals surface area contributed by atoms with Crippen molar-refractivity contribution < 1.29 is 13.2 Å². The first-order chi connectivity index (χ1) is 9.21. The molecule has 2 rings (SSSR count). The van der Waals surface area contributed by atoms with Gasteiger partial charge in [0.1, 0.15) is 0 Å². The largest absolute Gasteiger partial charge is 0.367 e. The van der Waals surface area contributed by atoms with Crippen LogP contribution in [0.5, 0.6) is 0 Å². The zero-order valence-electron chi connectivity index (χ0n) is 12.4. The number of anilines is 1. The summed E-state index contributed by atoms with van der Waals surface area (Å²) in [5.41, 5.74) is 1.22. The molecule has 0 aliphatic carbocycles. The van der Waals surface area contributed by atoms with E-state index >= 15 is 0 Å². The van der Waals surface area contributed by atoms with Crippen molar-refractivity contribution >= 4 is 21.3 Å². The number of hydrogen-bond donors (Lipinski definition) is 0. The van der Waals surface area contributed by atoms with Crippen molar-refractivity contribution in [3.63, 3.8) is 0 Å². The lowest BCUT2D eigenvalue weighted by Gasteiger charge is -2.27. The molecule has 0 aromatic heterocycles. The molecule has 5 heteroatoms. The first kappa shape index (κ1) is 15.0. The highest BCUT2D eigenvalue weighted by Gasteiger charge is 2.30. The Labute approximate surface area is 120 Å². The van der Waals surface area contributed by atoms with Crippen molar-refractivity contribution in [1.29, 1.82) is 0 Å². The molecule has 0 N–H and O–H groups in total. The van der Waals surface area contributed by atoms with Crippen molar-refractivity contribution in [2.45, 2.75) is 38.1 Å². The second kappa shape index (κ2) is 5.20. The van der Waals surface area contributed by atoms with Gasteiger partial charge in [-0.25, -0.2) is 8.42 Å². The summed E-state index contributed by atoms with van der Waals surface area (Å²) in [6.45, 7) is 6.59. The van der Waals surface area contributed by atoms with E-state index in [0.29, 0.717) is 22.1 Å². The van der Waals surface area contributed by atoms with Crippen molar-refractivity contribution in [2.75, 3.05) is 17.7 Å². The monoisotopic (exact) mass is 295 g/mol. The van der Waals surface area contributed by atoms with Crippen molar-refractivity contribution in [3.05, 3.63) is 23.8 Å². The Bertz CT molecular complexity index is 637. The molecule has 1 aliphatic rings. The summed E-state index contributed by atoms with van der Waals surface area (Å²) in [4.78, 5) is 14.0. The summed E-state index contributed by atoms with van der Waals surface area (Å²) in [5.74, 6) is 0.467. The quantitative estimate of drug-likeness (QED) is 0.804. The summed E-state index contributed by atoms with van der Waals surface area (Å²) < 4.78 is 23.9. The van der Waals surface area contributed by atoms with E-state index in [1.54, 1.807) is 18.2 Å². The van der Waals surface area contributed by atoms with Crippen molar-refractivity contribution in [2.24, 2.45) is 5.92 Å². The van der Waals surface area contributed by atoms with Crippen LogP contribution >= 0.6 is 0 Å². The molecule has 0 radical (unpaired) electrons. The molecule has 2 atom stereocenters. The minimum Gasteiger partial charge on any atom is -0.367 e. The summed E-state index contributed by atoms with van der Waals surface area (Å²) in [6, 6.07) is 5.13. The van der Waals surface area contributed by atoms with E-state index in [1.165, 1.54) is 13.2 Å². The summed E-state index contributed by atoms with van der Waals surface area (Å²) in [6.07, 6.45) is 2.25. The molecule has 1 aliphatic heterocycles. The fourth-order valence-corrected chi connectivity index (χ4v) is 3.58. The number of benzene rings is 1. The third kappa shape index (κ3) is 2.73. The van der Waals surface area contributed by atoms with Gasteiger partial charge in [0.15, 0.2) is 15.6 Å². The molecule has 1 saturated heterocycles. The van der Waals surface area contributed by atoms with Gasteiger partial charge in [-0.05, 0) is 44.4 Å². The minimum absolute atomic E-state index is 0.0498. The molecule has 1 aromatic rings. The Hall–Kier alpha value is -1.36. The number of Topliss-reactive ketones (excluding diaryl/α,β-unsaturated/α-hetero) is 1. The van der Waals surface area contributed by atoms with Crippen LogP contribution in [-0.2, 0) is 9.84 Å². The SMILES string of the molecule is CC(=O)c1ccc(S(C)(=O)=O)c(N2CC[C@@H](C)[C@H]2C)c1. The third-order valence-electron chi connectivity index (χ3n) is 4.21. The van der Waals surface area contributed by atoms with E-state index in [0.717, 1.165) is 13.0 Å². The number of rotatable bonds is 3. The lowest BCUT2D eigenvalue weighted by molar-refractivity contribution is 0.101. The first-order valence-electron chi connectivity index (χ1n) is 6.83. The van der Waals surface area contributed by atoms with E-state index in [1.807, 2.05) is 0 Å². The van der Waals surface area contributed by atoms with E-state index < -0.39 is 9.84 Å². The van der Waals surface area contributed by atoms with Gasteiger partial charge < -0.3 is 4.90 Å². The van der Waals surface area contributed by atoms with Gasteiger partial charge in [-0.2, -0.15) is 0 Å². The van der Waals surface area contributed by atoms with Crippen LogP contribution in [-0.4, -0.2) is 33.0 Å². The number of carbonyl (C=O) groups is 1. The lowest BCUT2D eigenvalue weighted by atomic mass is 10.0. The summed E-state index contributed by atoms with van der Waals surface area (Å²) in [7, 11) is -3.31. The number of ketones is 1. The Morgan fingerprint density at radius 2 is 1.95 bits per heavy atom. The molecule has 0 unspecified atom stereocenters. The van der Waals surface area contributed by atoms with E-state index in [-0.39, 0.29) is 11.8 Å². The van der Waals surface area contributed by atoms with Gasteiger partial charge in [-0.3, -0.25) is 4.79 Å². The van der Waals surface area contributed by atoms with Gasteiger partial charge in [0, 0.05) is 24.4 Å². The van der Waals surface area contributed by atoms with Gasteiger partial charge in [0.25, 0.3) is 0 Å². The van der Waals surface area contributed by atoms with E-state index in [9.17, 15) is 13.2 Å². The molecule has 0 amide bonds. The summed E-state index contributed by atoms with van der Waals surface area (Å²) in [5, 5.41) is 0. The summed E-state index contributed by atoms with van der Waals surface area (Å²) >= 11 is 0. The molecular weight excluding hydrogens is 274 g/mol. The van der Waals surface area contributed by atoms with E-state index in [4.69, 9.17) is 0 Å². The lowest BCUT2D eigenvalue weighted by Crippen LogP contribution is -2.30. The van der Waals surface area contributed by atoms with Crippen LogP contribution in [0.4, 0.5) is 5.69 Å². The number of carbonyl (C=O) groups excluding carboxylic acids is 1. The van der Waals surface area contributed by atoms with Gasteiger partial charge in [0.05, 0.1) is 10.6 Å². The Kier molecular flexibility index (Phi) is 3.91. The zero-order valence-corrected chi connectivity index (χ0v) is 13.2. The Morgan fingerprint density at radius 1 is 1.30 bits per heavy atom. The van der Waals surface area contributed by atoms with Crippen LogP contribution in [0, 0.1) is 5.92 Å². The van der Waals surface area contributed by atoms with Crippen LogP contribution in [0.25, 0.3) is 0 Å². The molecule has 0 saturated carbocycles. The van der Waals surface area contributed by atoms with Gasteiger partial charge >= 0.3 is 0 Å². The minimum atomic E-state index is -3.31. The second-order valence-corrected chi connectivity index (χ2v) is 7.69. The van der Waals surface area contributed by atoms with Crippen LogP contribution in [0.3, 0.4) is 0 Å². The highest BCUT2D eigenvalue weighted by molar-refractivity contribution is 7.90. The third-order valence-corrected chi connectivity index (χ3v) is 5.36. The van der Waals surface area contributed by atoms with Crippen molar-refractivity contribution in [3.8, 4) is 0 Å². The van der Waals surface area contributed by atoms with E-state index in [2.05, 4.69) is 18.7 Å². The molecule has 1 aromatic carbocycles. The topological polar surface area (TPSA) is 54.5 Å². The molecule has 4 nitrogen and oxygen atoms in total. The first-order valence-corrected chi connectivity index (χ1v) is 8.72. The van der Waals surface area contributed by atoms with Crippen LogP contribution in [0.15, 0.2) is 23.1 Å². The maximum atomic E-state index is 12.0. The molecular formula is C15H21NO3S. The predicted molar refractivity (Wildman–Crippen MR) is 80.1 cm³/mol. The normalized spacial score (nSPS) is 23.1. The molecule has 1 fully saturated rings. The second-order valence-electron chi connectivity index (χ2n) is 5.71. The maximum Gasteiger partial charge on any atom is 0.177 e. The smallest absolute Gasteiger partial charge is 0.177 e. The highest BCUT2D eigenvalue weighted by Crippen LogP contribution is 2.34.